The number of amides is 1. The summed E-state index contributed by atoms with van der Waals surface area (Å²) in [7, 11) is 0. The Morgan fingerprint density at radius 3 is 2.89 bits per heavy atom. The molecule has 0 aromatic heterocycles. The Hall–Kier alpha value is 0.130. The second kappa shape index (κ2) is 6.53. The van der Waals surface area contributed by atoms with Crippen molar-refractivity contribution in [2.24, 2.45) is 5.92 Å². The zero-order valence-corrected chi connectivity index (χ0v) is 14.6. The van der Waals surface area contributed by atoms with E-state index in [1.807, 2.05) is 23.1 Å². The van der Waals surface area contributed by atoms with Gasteiger partial charge in [0.1, 0.15) is 0 Å². The van der Waals surface area contributed by atoms with Gasteiger partial charge >= 0.3 is 0 Å². The lowest BCUT2D eigenvalue weighted by molar-refractivity contribution is 0.0685. The third-order valence-corrected chi connectivity index (χ3v) is 5.28. The molecule has 0 spiro atoms. The number of alkyl halides is 1. The van der Waals surface area contributed by atoms with E-state index in [0.717, 1.165) is 39.3 Å². The molecule has 98 valence electrons. The molecule has 0 bridgehead atoms. The largest absolute Gasteiger partial charge is 0.338 e. The van der Waals surface area contributed by atoms with E-state index in [1.165, 1.54) is 6.42 Å². The lowest BCUT2D eigenvalue weighted by Gasteiger charge is -2.32. The Morgan fingerprint density at radius 2 is 2.17 bits per heavy atom. The molecule has 1 unspecified atom stereocenters. The standard InChI is InChI=1S/C13H14Br3NO/c14-7-9-2-1-5-17(8-9)13(18)11-6-10(15)3-4-12(11)16/h3-4,6,9H,1-2,5,7-8H2. The van der Waals surface area contributed by atoms with Crippen LogP contribution in [0.25, 0.3) is 0 Å². The molecule has 0 radical (unpaired) electrons. The van der Waals surface area contributed by atoms with Gasteiger partial charge in [-0.2, -0.15) is 0 Å². The number of benzene rings is 1. The number of hydrogen-bond acceptors (Lipinski definition) is 1. The first-order valence-corrected chi connectivity index (χ1v) is 8.63. The Bertz CT molecular complexity index is 450. The van der Waals surface area contributed by atoms with Crippen LogP contribution in [0.15, 0.2) is 27.1 Å². The van der Waals surface area contributed by atoms with E-state index in [1.54, 1.807) is 0 Å². The summed E-state index contributed by atoms with van der Waals surface area (Å²) in [6.07, 6.45) is 2.29. The second-order valence-electron chi connectivity index (χ2n) is 4.54. The van der Waals surface area contributed by atoms with Gasteiger partial charge in [-0.3, -0.25) is 4.79 Å². The predicted octanol–water partition coefficient (Wildman–Crippen LogP) is 4.46. The van der Waals surface area contributed by atoms with Crippen molar-refractivity contribution < 1.29 is 4.79 Å². The first-order valence-electron chi connectivity index (χ1n) is 5.92. The maximum atomic E-state index is 12.5. The first kappa shape index (κ1) is 14.5. The van der Waals surface area contributed by atoms with Crippen LogP contribution < -0.4 is 0 Å². The molecule has 1 atom stereocenters. The van der Waals surface area contributed by atoms with Gasteiger partial charge < -0.3 is 4.90 Å². The fourth-order valence-corrected chi connectivity index (χ4v) is 3.51. The van der Waals surface area contributed by atoms with Crippen LogP contribution in [0.4, 0.5) is 0 Å². The van der Waals surface area contributed by atoms with Crippen molar-refractivity contribution >= 4 is 53.7 Å². The number of halogens is 3. The molecule has 5 heteroatoms. The van der Waals surface area contributed by atoms with Gasteiger partial charge in [-0.15, -0.1) is 0 Å². The van der Waals surface area contributed by atoms with E-state index in [2.05, 4.69) is 47.8 Å². The van der Waals surface area contributed by atoms with E-state index in [4.69, 9.17) is 0 Å². The smallest absolute Gasteiger partial charge is 0.255 e. The highest BCUT2D eigenvalue weighted by atomic mass is 79.9. The highest BCUT2D eigenvalue weighted by Gasteiger charge is 2.25. The average molecular weight is 440 g/mol. The number of likely N-dealkylation sites (tertiary alicyclic amines) is 1. The zero-order chi connectivity index (χ0) is 13.1. The molecule has 1 amide bonds. The summed E-state index contributed by atoms with van der Waals surface area (Å²) < 4.78 is 1.79. The molecule has 1 aromatic rings. The monoisotopic (exact) mass is 437 g/mol. The van der Waals surface area contributed by atoms with Crippen LogP contribution in [-0.4, -0.2) is 29.2 Å². The van der Waals surface area contributed by atoms with Crippen LogP contribution in [0.5, 0.6) is 0 Å². The maximum Gasteiger partial charge on any atom is 0.255 e. The molecule has 1 aliphatic rings. The number of rotatable bonds is 2. The van der Waals surface area contributed by atoms with Gasteiger partial charge in [-0.1, -0.05) is 31.9 Å². The SMILES string of the molecule is O=C(c1cc(Br)ccc1Br)N1CCCC(CBr)C1. The lowest BCUT2D eigenvalue weighted by atomic mass is 9.99. The molecular formula is C13H14Br3NO. The van der Waals surface area contributed by atoms with Crippen molar-refractivity contribution in [1.82, 2.24) is 4.90 Å². The maximum absolute atomic E-state index is 12.5. The van der Waals surface area contributed by atoms with E-state index in [9.17, 15) is 4.79 Å². The Kier molecular flexibility index (Phi) is 5.27. The van der Waals surface area contributed by atoms with Crippen molar-refractivity contribution in [3.8, 4) is 0 Å². The van der Waals surface area contributed by atoms with Crippen LogP contribution in [0, 0.1) is 5.92 Å². The first-order chi connectivity index (χ1) is 8.61. The molecule has 1 aromatic carbocycles. The van der Waals surface area contributed by atoms with Crippen molar-refractivity contribution in [1.29, 1.82) is 0 Å². The molecule has 1 saturated heterocycles. The molecule has 2 rings (SSSR count). The van der Waals surface area contributed by atoms with Gasteiger partial charge in [0.25, 0.3) is 5.91 Å². The zero-order valence-electron chi connectivity index (χ0n) is 9.83. The molecule has 1 heterocycles. The third kappa shape index (κ3) is 3.36. The molecule has 0 saturated carbocycles. The van der Waals surface area contributed by atoms with Crippen molar-refractivity contribution in [2.75, 3.05) is 18.4 Å². The quantitative estimate of drug-likeness (QED) is 0.623. The van der Waals surface area contributed by atoms with Crippen LogP contribution in [0.3, 0.4) is 0 Å². The van der Waals surface area contributed by atoms with E-state index < -0.39 is 0 Å². The van der Waals surface area contributed by atoms with E-state index in [0.29, 0.717) is 5.92 Å². The molecule has 1 fully saturated rings. The average Bonchev–Trinajstić information content (AvgIpc) is 2.41. The van der Waals surface area contributed by atoms with Crippen molar-refractivity contribution in [3.63, 3.8) is 0 Å². The van der Waals surface area contributed by atoms with Crippen LogP contribution in [0.2, 0.25) is 0 Å². The Morgan fingerprint density at radius 1 is 1.39 bits per heavy atom. The summed E-state index contributed by atoms with van der Waals surface area (Å²) in [6.45, 7) is 1.71. The lowest BCUT2D eigenvalue weighted by Crippen LogP contribution is -2.40. The summed E-state index contributed by atoms with van der Waals surface area (Å²) >= 11 is 10.4. The van der Waals surface area contributed by atoms with Gasteiger partial charge in [0, 0.05) is 27.4 Å². The van der Waals surface area contributed by atoms with Gasteiger partial charge in [0.05, 0.1) is 5.56 Å². The molecule has 1 aliphatic heterocycles. The summed E-state index contributed by atoms with van der Waals surface area (Å²) in [5, 5.41) is 0.969. The second-order valence-corrected chi connectivity index (χ2v) is 6.96. The number of nitrogens with zero attached hydrogens (tertiary/aromatic N) is 1. The minimum absolute atomic E-state index is 0.119. The highest BCUT2D eigenvalue weighted by Crippen LogP contribution is 2.25. The molecular weight excluding hydrogens is 426 g/mol. The number of carbonyl (C=O) groups excluding carboxylic acids is 1. The topological polar surface area (TPSA) is 20.3 Å². The highest BCUT2D eigenvalue weighted by molar-refractivity contribution is 9.11. The number of piperidine rings is 1. The Balaban J connectivity index is 2.17. The van der Waals surface area contributed by atoms with Gasteiger partial charge in [0.2, 0.25) is 0 Å². The van der Waals surface area contributed by atoms with Crippen LogP contribution in [-0.2, 0) is 0 Å². The van der Waals surface area contributed by atoms with Crippen LogP contribution in [0.1, 0.15) is 23.2 Å². The van der Waals surface area contributed by atoms with E-state index in [-0.39, 0.29) is 5.91 Å². The fourth-order valence-electron chi connectivity index (χ4n) is 2.21. The van der Waals surface area contributed by atoms with Crippen molar-refractivity contribution in [3.05, 3.63) is 32.7 Å². The Labute approximate surface area is 133 Å². The minimum atomic E-state index is 0.119. The normalized spacial score (nSPS) is 19.9. The third-order valence-electron chi connectivity index (χ3n) is 3.18. The van der Waals surface area contributed by atoms with Crippen molar-refractivity contribution in [2.45, 2.75) is 12.8 Å². The number of hydrogen-bond donors (Lipinski definition) is 0. The predicted molar refractivity (Wildman–Crippen MR) is 84.3 cm³/mol. The molecule has 2 nitrogen and oxygen atoms in total. The van der Waals surface area contributed by atoms with Crippen LogP contribution >= 0.6 is 47.8 Å². The molecule has 18 heavy (non-hydrogen) atoms. The minimum Gasteiger partial charge on any atom is -0.338 e. The fraction of sp³-hybridized carbons (Fsp3) is 0.462. The molecule has 0 aliphatic carbocycles. The summed E-state index contributed by atoms with van der Waals surface area (Å²) in [5.74, 6) is 0.697. The molecule has 0 N–H and O–H groups in total. The van der Waals surface area contributed by atoms with Gasteiger partial charge in [-0.05, 0) is 52.9 Å². The summed E-state index contributed by atoms with van der Waals surface area (Å²) in [4.78, 5) is 14.5. The summed E-state index contributed by atoms with van der Waals surface area (Å²) in [5.41, 5.74) is 0.736. The van der Waals surface area contributed by atoms with E-state index >= 15 is 0 Å². The summed E-state index contributed by atoms with van der Waals surface area (Å²) in [6, 6.07) is 5.71. The van der Waals surface area contributed by atoms with Gasteiger partial charge in [0.15, 0.2) is 0 Å². The van der Waals surface area contributed by atoms with Gasteiger partial charge in [-0.25, -0.2) is 0 Å². The number of carbonyl (C=O) groups is 1.